The highest BCUT2D eigenvalue weighted by Gasteiger charge is 2.00. The summed E-state index contributed by atoms with van der Waals surface area (Å²) in [6.07, 6.45) is 0. The highest BCUT2D eigenvalue weighted by atomic mass is 16.5. The van der Waals surface area contributed by atoms with E-state index in [1.54, 1.807) is 0 Å². The number of nitrogens with zero attached hydrogens (tertiary/aromatic N) is 1. The fourth-order valence-corrected chi connectivity index (χ4v) is 1.66. The largest absolute Gasteiger partial charge is 0.487 e. The molecule has 0 aliphatic heterocycles. The maximum Gasteiger partial charge on any atom is 0.130 e. The van der Waals surface area contributed by atoms with E-state index in [9.17, 15) is 0 Å². The van der Waals surface area contributed by atoms with Crippen LogP contribution in [-0.4, -0.2) is 12.0 Å². The van der Waals surface area contributed by atoms with E-state index in [0.717, 1.165) is 17.3 Å². The molecule has 0 saturated carbocycles. The van der Waals surface area contributed by atoms with Gasteiger partial charge in [-0.25, -0.2) is 4.98 Å². The molecular weight excluding hydrogens is 224 g/mol. The van der Waals surface area contributed by atoms with Crippen molar-refractivity contribution in [2.24, 2.45) is 0 Å². The Morgan fingerprint density at radius 1 is 1.11 bits per heavy atom. The van der Waals surface area contributed by atoms with Gasteiger partial charge in [0.2, 0.25) is 0 Å². The predicted molar refractivity (Wildman–Crippen MR) is 74.0 cm³/mol. The van der Waals surface area contributed by atoms with Crippen LogP contribution in [0.4, 0.5) is 5.82 Å². The molecule has 94 valence electrons. The van der Waals surface area contributed by atoms with Crippen molar-refractivity contribution in [2.75, 3.05) is 12.4 Å². The third-order valence-electron chi connectivity index (χ3n) is 2.93. The lowest BCUT2D eigenvalue weighted by molar-refractivity contribution is 0.301. The van der Waals surface area contributed by atoms with Crippen molar-refractivity contribution in [1.29, 1.82) is 0 Å². The zero-order chi connectivity index (χ0) is 13.0. The second kappa shape index (κ2) is 5.54. The Labute approximate surface area is 108 Å². The summed E-state index contributed by atoms with van der Waals surface area (Å²) in [6.45, 7) is 4.66. The number of aryl methyl sites for hydroxylation is 2. The van der Waals surface area contributed by atoms with Gasteiger partial charge in [0.15, 0.2) is 0 Å². The van der Waals surface area contributed by atoms with Gasteiger partial charge in [0.05, 0.1) is 5.69 Å². The van der Waals surface area contributed by atoms with Crippen LogP contribution in [-0.2, 0) is 6.61 Å². The molecular formula is C15H18N2O. The SMILES string of the molecule is CNc1cccc(COc2ccc(C)c(C)c2)n1. The minimum atomic E-state index is 0.484. The first-order valence-corrected chi connectivity index (χ1v) is 6.03. The molecule has 0 spiro atoms. The molecule has 3 nitrogen and oxygen atoms in total. The van der Waals surface area contributed by atoms with Crippen molar-refractivity contribution in [1.82, 2.24) is 4.98 Å². The van der Waals surface area contributed by atoms with Gasteiger partial charge in [0.25, 0.3) is 0 Å². The zero-order valence-electron chi connectivity index (χ0n) is 11.0. The third-order valence-corrected chi connectivity index (χ3v) is 2.93. The Bertz CT molecular complexity index is 538. The summed E-state index contributed by atoms with van der Waals surface area (Å²) in [6, 6.07) is 12.0. The first kappa shape index (κ1) is 12.4. The van der Waals surface area contributed by atoms with Gasteiger partial charge < -0.3 is 10.1 Å². The standard InChI is InChI=1S/C15H18N2O/c1-11-7-8-14(9-12(11)2)18-10-13-5-4-6-15(16-3)17-13/h4-9H,10H2,1-3H3,(H,16,17). The summed E-state index contributed by atoms with van der Waals surface area (Å²) in [5.74, 6) is 1.74. The molecule has 1 N–H and O–H groups in total. The molecule has 18 heavy (non-hydrogen) atoms. The van der Waals surface area contributed by atoms with E-state index in [2.05, 4.69) is 36.3 Å². The summed E-state index contributed by atoms with van der Waals surface area (Å²) < 4.78 is 5.74. The number of pyridine rings is 1. The maximum absolute atomic E-state index is 5.74. The van der Waals surface area contributed by atoms with E-state index in [4.69, 9.17) is 4.74 Å². The quantitative estimate of drug-likeness (QED) is 0.893. The van der Waals surface area contributed by atoms with Crippen molar-refractivity contribution >= 4 is 5.82 Å². The number of hydrogen-bond donors (Lipinski definition) is 1. The number of nitrogens with one attached hydrogen (secondary N) is 1. The second-order valence-electron chi connectivity index (χ2n) is 4.30. The van der Waals surface area contributed by atoms with Crippen molar-refractivity contribution < 1.29 is 4.74 Å². The Kier molecular flexibility index (Phi) is 3.82. The minimum Gasteiger partial charge on any atom is -0.487 e. The Morgan fingerprint density at radius 3 is 2.67 bits per heavy atom. The molecule has 0 amide bonds. The second-order valence-corrected chi connectivity index (χ2v) is 4.30. The summed E-state index contributed by atoms with van der Waals surface area (Å²) in [7, 11) is 1.86. The highest BCUT2D eigenvalue weighted by molar-refractivity contribution is 5.35. The number of aromatic nitrogens is 1. The molecule has 0 bridgehead atoms. The average molecular weight is 242 g/mol. The van der Waals surface area contributed by atoms with Crippen LogP contribution in [0.2, 0.25) is 0 Å². The van der Waals surface area contributed by atoms with Crippen LogP contribution in [0.1, 0.15) is 16.8 Å². The average Bonchev–Trinajstić information content (AvgIpc) is 2.40. The molecule has 1 aromatic heterocycles. The number of rotatable bonds is 4. The van der Waals surface area contributed by atoms with Crippen molar-refractivity contribution in [2.45, 2.75) is 20.5 Å². The van der Waals surface area contributed by atoms with Crippen LogP contribution in [0.15, 0.2) is 36.4 Å². The predicted octanol–water partition coefficient (Wildman–Crippen LogP) is 3.32. The summed E-state index contributed by atoms with van der Waals surface area (Å²) in [5, 5.41) is 3.02. The van der Waals surface area contributed by atoms with E-state index < -0.39 is 0 Å². The van der Waals surface area contributed by atoms with Crippen LogP contribution >= 0.6 is 0 Å². The van der Waals surface area contributed by atoms with Crippen LogP contribution in [0.3, 0.4) is 0 Å². The van der Waals surface area contributed by atoms with Crippen molar-refractivity contribution in [3.8, 4) is 5.75 Å². The number of ether oxygens (including phenoxy) is 1. The maximum atomic E-state index is 5.74. The van der Waals surface area contributed by atoms with Crippen LogP contribution in [0, 0.1) is 13.8 Å². The van der Waals surface area contributed by atoms with Gasteiger partial charge in [0, 0.05) is 7.05 Å². The van der Waals surface area contributed by atoms with E-state index in [-0.39, 0.29) is 0 Å². The van der Waals surface area contributed by atoms with Gasteiger partial charge in [0.1, 0.15) is 18.2 Å². The van der Waals surface area contributed by atoms with Crippen LogP contribution < -0.4 is 10.1 Å². The molecule has 2 rings (SSSR count). The van der Waals surface area contributed by atoms with Crippen LogP contribution in [0.5, 0.6) is 5.75 Å². The molecule has 3 heteroatoms. The molecule has 0 unspecified atom stereocenters. The molecule has 1 heterocycles. The van der Waals surface area contributed by atoms with E-state index >= 15 is 0 Å². The fourth-order valence-electron chi connectivity index (χ4n) is 1.66. The molecule has 0 aliphatic carbocycles. The smallest absolute Gasteiger partial charge is 0.130 e. The molecule has 2 aromatic rings. The topological polar surface area (TPSA) is 34.1 Å². The van der Waals surface area contributed by atoms with Crippen LogP contribution in [0.25, 0.3) is 0 Å². The molecule has 0 saturated heterocycles. The lowest BCUT2D eigenvalue weighted by Gasteiger charge is -2.08. The molecule has 0 fully saturated rings. The Balaban J connectivity index is 2.04. The highest BCUT2D eigenvalue weighted by Crippen LogP contribution is 2.17. The lowest BCUT2D eigenvalue weighted by atomic mass is 10.1. The van der Waals surface area contributed by atoms with E-state index in [1.807, 2.05) is 31.3 Å². The summed E-state index contributed by atoms with van der Waals surface area (Å²) in [4.78, 5) is 4.41. The first-order chi connectivity index (χ1) is 8.69. The van der Waals surface area contributed by atoms with Crippen molar-refractivity contribution in [3.05, 3.63) is 53.2 Å². The van der Waals surface area contributed by atoms with Gasteiger partial charge >= 0.3 is 0 Å². The van der Waals surface area contributed by atoms with E-state index in [0.29, 0.717) is 6.61 Å². The number of benzene rings is 1. The van der Waals surface area contributed by atoms with Gasteiger partial charge in [-0.05, 0) is 49.2 Å². The lowest BCUT2D eigenvalue weighted by Crippen LogP contribution is -2.01. The minimum absolute atomic E-state index is 0.484. The third kappa shape index (κ3) is 3.00. The zero-order valence-corrected chi connectivity index (χ0v) is 11.0. The Hall–Kier alpha value is -2.03. The molecule has 0 atom stereocenters. The van der Waals surface area contributed by atoms with Gasteiger partial charge in [-0.1, -0.05) is 12.1 Å². The normalized spacial score (nSPS) is 10.2. The van der Waals surface area contributed by atoms with E-state index in [1.165, 1.54) is 11.1 Å². The Morgan fingerprint density at radius 2 is 1.94 bits per heavy atom. The summed E-state index contributed by atoms with van der Waals surface area (Å²) >= 11 is 0. The van der Waals surface area contributed by atoms with Crippen molar-refractivity contribution in [3.63, 3.8) is 0 Å². The molecule has 1 aromatic carbocycles. The van der Waals surface area contributed by atoms with Gasteiger partial charge in [-0.2, -0.15) is 0 Å². The monoisotopic (exact) mass is 242 g/mol. The molecule has 0 radical (unpaired) electrons. The molecule has 0 aliphatic rings. The number of anilines is 1. The summed E-state index contributed by atoms with van der Waals surface area (Å²) in [5.41, 5.74) is 3.43. The van der Waals surface area contributed by atoms with Gasteiger partial charge in [-0.3, -0.25) is 0 Å². The number of hydrogen-bond acceptors (Lipinski definition) is 3. The van der Waals surface area contributed by atoms with Gasteiger partial charge in [-0.15, -0.1) is 0 Å². The fraction of sp³-hybridized carbons (Fsp3) is 0.267. The first-order valence-electron chi connectivity index (χ1n) is 6.03.